The fourth-order valence-electron chi connectivity index (χ4n) is 1.47. The summed E-state index contributed by atoms with van der Waals surface area (Å²) < 4.78 is 0. The molecule has 0 aliphatic heterocycles. The Morgan fingerprint density at radius 3 is 2.33 bits per heavy atom. The van der Waals surface area contributed by atoms with E-state index in [1.807, 2.05) is 6.92 Å². The number of hydrogen-bond acceptors (Lipinski definition) is 3. The Balaban J connectivity index is 2.61. The van der Waals surface area contributed by atoms with Crippen LogP contribution in [0.2, 0.25) is 0 Å². The van der Waals surface area contributed by atoms with E-state index in [2.05, 4.69) is 42.8 Å². The van der Waals surface area contributed by atoms with Crippen molar-refractivity contribution in [3.8, 4) is 0 Å². The van der Waals surface area contributed by atoms with Crippen LogP contribution in [0.5, 0.6) is 0 Å². The van der Waals surface area contributed by atoms with Crippen molar-refractivity contribution < 1.29 is 5.11 Å². The topological polar surface area (TPSA) is 32.3 Å². The van der Waals surface area contributed by atoms with E-state index in [0.717, 1.165) is 0 Å². The minimum atomic E-state index is 0.139. The SMILES string of the molecule is CSc1ccc(C(C)NC(C)CO)cc1. The van der Waals surface area contributed by atoms with E-state index in [-0.39, 0.29) is 18.7 Å². The van der Waals surface area contributed by atoms with E-state index >= 15 is 0 Å². The fourth-order valence-corrected chi connectivity index (χ4v) is 1.88. The van der Waals surface area contributed by atoms with Gasteiger partial charge >= 0.3 is 0 Å². The van der Waals surface area contributed by atoms with Crippen LogP contribution in [-0.4, -0.2) is 24.0 Å². The van der Waals surface area contributed by atoms with Crippen LogP contribution in [0.25, 0.3) is 0 Å². The molecule has 2 unspecified atom stereocenters. The molecule has 3 heteroatoms. The second-order valence-corrected chi connectivity index (χ2v) is 4.62. The van der Waals surface area contributed by atoms with Crippen molar-refractivity contribution in [1.29, 1.82) is 0 Å². The maximum absolute atomic E-state index is 8.95. The van der Waals surface area contributed by atoms with Crippen molar-refractivity contribution >= 4 is 11.8 Å². The first kappa shape index (κ1) is 12.6. The molecule has 0 bridgehead atoms. The molecule has 1 rings (SSSR count). The van der Waals surface area contributed by atoms with Gasteiger partial charge in [0.05, 0.1) is 6.61 Å². The molecule has 15 heavy (non-hydrogen) atoms. The molecule has 0 spiro atoms. The number of aliphatic hydroxyl groups excluding tert-OH is 1. The summed E-state index contributed by atoms with van der Waals surface area (Å²) in [5.41, 5.74) is 1.26. The van der Waals surface area contributed by atoms with E-state index in [9.17, 15) is 0 Å². The molecule has 2 atom stereocenters. The second-order valence-electron chi connectivity index (χ2n) is 3.75. The van der Waals surface area contributed by atoms with Gasteiger partial charge in [-0.1, -0.05) is 12.1 Å². The maximum Gasteiger partial charge on any atom is 0.0582 e. The Hall–Kier alpha value is -0.510. The highest BCUT2D eigenvalue weighted by Crippen LogP contribution is 2.19. The van der Waals surface area contributed by atoms with E-state index in [1.54, 1.807) is 11.8 Å². The zero-order chi connectivity index (χ0) is 11.3. The molecule has 0 saturated heterocycles. The molecule has 0 aromatic heterocycles. The second kappa shape index (κ2) is 6.16. The van der Waals surface area contributed by atoms with E-state index in [1.165, 1.54) is 10.5 Å². The maximum atomic E-state index is 8.95. The minimum absolute atomic E-state index is 0.139. The standard InChI is InChI=1S/C12H19NOS/c1-9(8-14)13-10(2)11-4-6-12(15-3)7-5-11/h4-7,9-10,13-14H,8H2,1-3H3. The molecule has 84 valence electrons. The van der Waals surface area contributed by atoms with Gasteiger partial charge in [0.15, 0.2) is 0 Å². The first-order chi connectivity index (χ1) is 7.17. The summed E-state index contributed by atoms with van der Waals surface area (Å²) in [7, 11) is 0. The Bertz CT molecular complexity index is 286. The minimum Gasteiger partial charge on any atom is -0.395 e. The van der Waals surface area contributed by atoms with Crippen molar-refractivity contribution in [2.45, 2.75) is 30.8 Å². The number of hydrogen-bond donors (Lipinski definition) is 2. The summed E-state index contributed by atoms with van der Waals surface area (Å²) >= 11 is 1.75. The summed E-state index contributed by atoms with van der Waals surface area (Å²) in [4.78, 5) is 1.28. The fraction of sp³-hybridized carbons (Fsp3) is 0.500. The largest absolute Gasteiger partial charge is 0.395 e. The summed E-state index contributed by atoms with van der Waals surface area (Å²) in [5.74, 6) is 0. The molecule has 0 amide bonds. The molecule has 1 aromatic carbocycles. The lowest BCUT2D eigenvalue weighted by Crippen LogP contribution is -2.31. The van der Waals surface area contributed by atoms with Crippen LogP contribution in [0.3, 0.4) is 0 Å². The molecule has 2 N–H and O–H groups in total. The molecular formula is C12H19NOS. The van der Waals surface area contributed by atoms with Crippen molar-refractivity contribution in [3.63, 3.8) is 0 Å². The number of rotatable bonds is 5. The van der Waals surface area contributed by atoms with E-state index in [0.29, 0.717) is 0 Å². The lowest BCUT2D eigenvalue weighted by Gasteiger charge is -2.18. The van der Waals surface area contributed by atoms with Gasteiger partial charge < -0.3 is 10.4 Å². The molecule has 0 radical (unpaired) electrons. The van der Waals surface area contributed by atoms with Crippen molar-refractivity contribution in [2.24, 2.45) is 0 Å². The summed E-state index contributed by atoms with van der Waals surface area (Å²) in [6.45, 7) is 4.26. The van der Waals surface area contributed by atoms with E-state index < -0.39 is 0 Å². The monoisotopic (exact) mass is 225 g/mol. The first-order valence-electron chi connectivity index (χ1n) is 5.18. The molecule has 0 aliphatic carbocycles. The Kier molecular flexibility index (Phi) is 5.15. The summed E-state index contributed by atoms with van der Waals surface area (Å²) in [6.07, 6.45) is 2.07. The van der Waals surface area contributed by atoms with Gasteiger partial charge in [-0.05, 0) is 37.8 Å². The summed E-state index contributed by atoms with van der Waals surface area (Å²) in [5, 5.41) is 12.3. The Morgan fingerprint density at radius 2 is 1.87 bits per heavy atom. The van der Waals surface area contributed by atoms with Crippen LogP contribution in [0.4, 0.5) is 0 Å². The highest BCUT2D eigenvalue weighted by molar-refractivity contribution is 7.98. The quantitative estimate of drug-likeness (QED) is 0.755. The third kappa shape index (κ3) is 3.86. The number of thioether (sulfide) groups is 1. The molecule has 2 nitrogen and oxygen atoms in total. The van der Waals surface area contributed by atoms with Gasteiger partial charge in [-0.25, -0.2) is 0 Å². The van der Waals surface area contributed by atoms with Gasteiger partial charge in [0, 0.05) is 17.0 Å². The lowest BCUT2D eigenvalue weighted by molar-refractivity contribution is 0.243. The van der Waals surface area contributed by atoms with Crippen molar-refractivity contribution in [1.82, 2.24) is 5.32 Å². The number of aliphatic hydroxyl groups is 1. The van der Waals surface area contributed by atoms with Crippen LogP contribution in [0, 0.1) is 0 Å². The third-order valence-electron chi connectivity index (χ3n) is 2.42. The van der Waals surface area contributed by atoms with Crippen molar-refractivity contribution in [2.75, 3.05) is 12.9 Å². The predicted octanol–water partition coefficient (Wildman–Crippen LogP) is 2.44. The lowest BCUT2D eigenvalue weighted by atomic mass is 10.1. The smallest absolute Gasteiger partial charge is 0.0582 e. The Morgan fingerprint density at radius 1 is 1.27 bits per heavy atom. The highest BCUT2D eigenvalue weighted by atomic mass is 32.2. The van der Waals surface area contributed by atoms with Crippen molar-refractivity contribution in [3.05, 3.63) is 29.8 Å². The number of benzene rings is 1. The normalized spacial score (nSPS) is 14.9. The van der Waals surface area contributed by atoms with Crippen LogP contribution >= 0.6 is 11.8 Å². The zero-order valence-corrected chi connectivity index (χ0v) is 10.3. The molecule has 1 aromatic rings. The molecular weight excluding hydrogens is 206 g/mol. The molecule has 0 heterocycles. The van der Waals surface area contributed by atoms with Gasteiger partial charge in [-0.15, -0.1) is 11.8 Å². The third-order valence-corrected chi connectivity index (χ3v) is 3.17. The van der Waals surface area contributed by atoms with Crippen LogP contribution < -0.4 is 5.32 Å². The molecule has 0 saturated carbocycles. The first-order valence-corrected chi connectivity index (χ1v) is 6.40. The van der Waals surface area contributed by atoms with Gasteiger partial charge in [0.1, 0.15) is 0 Å². The van der Waals surface area contributed by atoms with Crippen LogP contribution in [0.15, 0.2) is 29.2 Å². The average Bonchev–Trinajstić information content (AvgIpc) is 2.29. The van der Waals surface area contributed by atoms with Gasteiger partial charge in [-0.2, -0.15) is 0 Å². The molecule has 0 fully saturated rings. The van der Waals surface area contributed by atoms with Crippen LogP contribution in [0.1, 0.15) is 25.5 Å². The highest BCUT2D eigenvalue weighted by Gasteiger charge is 2.07. The van der Waals surface area contributed by atoms with Crippen LogP contribution in [-0.2, 0) is 0 Å². The van der Waals surface area contributed by atoms with Gasteiger partial charge in [0.25, 0.3) is 0 Å². The Labute approximate surface area is 96.1 Å². The summed E-state index contributed by atoms with van der Waals surface area (Å²) in [6, 6.07) is 8.94. The van der Waals surface area contributed by atoms with Gasteiger partial charge in [0.2, 0.25) is 0 Å². The van der Waals surface area contributed by atoms with Gasteiger partial charge in [-0.3, -0.25) is 0 Å². The predicted molar refractivity (Wildman–Crippen MR) is 66.3 cm³/mol. The number of nitrogens with one attached hydrogen (secondary N) is 1. The average molecular weight is 225 g/mol. The zero-order valence-electron chi connectivity index (χ0n) is 9.53. The van der Waals surface area contributed by atoms with E-state index in [4.69, 9.17) is 5.11 Å². The molecule has 0 aliphatic rings.